The molecule has 0 spiro atoms. The zero-order chi connectivity index (χ0) is 17.0. The summed E-state index contributed by atoms with van der Waals surface area (Å²) >= 11 is 1.47. The number of anilines is 1. The normalized spacial score (nSPS) is 11.3. The first-order chi connectivity index (χ1) is 10.8. The van der Waals surface area contributed by atoms with E-state index in [1.54, 1.807) is 0 Å². The van der Waals surface area contributed by atoms with Crippen LogP contribution in [0.2, 0.25) is 0 Å². The molecule has 1 amide bonds. The third-order valence-electron chi connectivity index (χ3n) is 3.63. The van der Waals surface area contributed by atoms with Crippen molar-refractivity contribution in [2.24, 2.45) is 0 Å². The number of ketones is 1. The van der Waals surface area contributed by atoms with Crippen LogP contribution in [0.15, 0.2) is 36.4 Å². The average molecular weight is 329 g/mol. The van der Waals surface area contributed by atoms with Gasteiger partial charge in [-0.05, 0) is 42.2 Å². The number of Topliss-reactive ketones (excluding diaryl/α,β-unsaturated/α-hetero) is 1. The Bertz CT molecular complexity index is 693. The summed E-state index contributed by atoms with van der Waals surface area (Å²) in [7, 11) is 0. The van der Waals surface area contributed by atoms with E-state index in [0.29, 0.717) is 0 Å². The quantitative estimate of drug-likeness (QED) is 0.788. The maximum absolute atomic E-state index is 12.0. The first-order valence-corrected chi connectivity index (χ1v) is 8.57. The van der Waals surface area contributed by atoms with Crippen molar-refractivity contribution in [1.29, 1.82) is 0 Å². The van der Waals surface area contributed by atoms with Crippen LogP contribution in [0.25, 0.3) is 0 Å². The van der Waals surface area contributed by atoms with Crippen LogP contribution in [0.1, 0.15) is 53.7 Å². The summed E-state index contributed by atoms with van der Waals surface area (Å²) < 4.78 is 0. The lowest BCUT2D eigenvalue weighted by Crippen LogP contribution is -2.14. The molecule has 4 heteroatoms. The van der Waals surface area contributed by atoms with Gasteiger partial charge in [0.15, 0.2) is 5.78 Å². The standard InChI is InChI=1S/C19H23NO2S/c1-13-5-11-17(23-13)16(21)10-12-18(22)20-15-8-6-14(7-9-15)19(2,3)4/h5-9,11H,10,12H2,1-4H3,(H,20,22). The Labute approximate surface area is 141 Å². The van der Waals surface area contributed by atoms with E-state index in [-0.39, 0.29) is 29.9 Å². The molecule has 122 valence electrons. The second-order valence-electron chi connectivity index (χ2n) is 6.71. The lowest BCUT2D eigenvalue weighted by atomic mass is 9.87. The summed E-state index contributed by atoms with van der Waals surface area (Å²) in [5, 5.41) is 2.84. The van der Waals surface area contributed by atoms with Gasteiger partial charge in [0.05, 0.1) is 4.88 Å². The van der Waals surface area contributed by atoms with Gasteiger partial charge in [-0.3, -0.25) is 9.59 Å². The molecular weight excluding hydrogens is 306 g/mol. The SMILES string of the molecule is Cc1ccc(C(=O)CCC(=O)Nc2ccc(C(C)(C)C)cc2)s1. The Morgan fingerprint density at radius 2 is 1.65 bits per heavy atom. The van der Waals surface area contributed by atoms with Gasteiger partial charge in [0.2, 0.25) is 5.91 Å². The number of benzene rings is 1. The smallest absolute Gasteiger partial charge is 0.224 e. The van der Waals surface area contributed by atoms with Crippen LogP contribution in [-0.4, -0.2) is 11.7 Å². The number of aryl methyl sites for hydroxylation is 1. The van der Waals surface area contributed by atoms with E-state index in [9.17, 15) is 9.59 Å². The Morgan fingerprint density at radius 3 is 2.17 bits per heavy atom. The van der Waals surface area contributed by atoms with Gasteiger partial charge in [-0.2, -0.15) is 0 Å². The van der Waals surface area contributed by atoms with Crippen LogP contribution in [0.4, 0.5) is 5.69 Å². The van der Waals surface area contributed by atoms with Crippen molar-refractivity contribution in [2.75, 3.05) is 5.32 Å². The van der Waals surface area contributed by atoms with E-state index in [0.717, 1.165) is 15.4 Å². The molecular formula is C19H23NO2S. The van der Waals surface area contributed by atoms with E-state index in [1.807, 2.05) is 43.3 Å². The molecule has 0 saturated carbocycles. The van der Waals surface area contributed by atoms with Gasteiger partial charge < -0.3 is 5.32 Å². The predicted molar refractivity (Wildman–Crippen MR) is 96.4 cm³/mol. The van der Waals surface area contributed by atoms with E-state index >= 15 is 0 Å². The van der Waals surface area contributed by atoms with Crippen molar-refractivity contribution in [3.8, 4) is 0 Å². The summed E-state index contributed by atoms with van der Waals surface area (Å²) in [5.74, 6) is -0.100. The van der Waals surface area contributed by atoms with Gasteiger partial charge >= 0.3 is 0 Å². The number of hydrogen-bond acceptors (Lipinski definition) is 3. The van der Waals surface area contributed by atoms with Crippen molar-refractivity contribution in [3.05, 3.63) is 51.7 Å². The molecule has 23 heavy (non-hydrogen) atoms. The lowest BCUT2D eigenvalue weighted by Gasteiger charge is -2.19. The van der Waals surface area contributed by atoms with Crippen LogP contribution in [0.5, 0.6) is 0 Å². The number of carbonyl (C=O) groups is 2. The van der Waals surface area contributed by atoms with Gasteiger partial charge in [-0.15, -0.1) is 11.3 Å². The minimum absolute atomic E-state index is 0.0290. The minimum atomic E-state index is -0.130. The first-order valence-electron chi connectivity index (χ1n) is 7.76. The van der Waals surface area contributed by atoms with Crippen molar-refractivity contribution in [1.82, 2.24) is 0 Å². The third kappa shape index (κ3) is 5.03. The number of rotatable bonds is 5. The molecule has 0 unspecified atom stereocenters. The van der Waals surface area contributed by atoms with E-state index in [4.69, 9.17) is 0 Å². The topological polar surface area (TPSA) is 46.2 Å². The Balaban J connectivity index is 1.86. The van der Waals surface area contributed by atoms with Crippen LogP contribution >= 0.6 is 11.3 Å². The summed E-state index contributed by atoms with van der Waals surface area (Å²) in [4.78, 5) is 25.8. The van der Waals surface area contributed by atoms with Crippen molar-refractivity contribution in [2.45, 2.75) is 46.0 Å². The van der Waals surface area contributed by atoms with Crippen LogP contribution in [0, 0.1) is 6.92 Å². The highest BCUT2D eigenvalue weighted by Gasteiger charge is 2.14. The van der Waals surface area contributed by atoms with Gasteiger partial charge in [-0.1, -0.05) is 32.9 Å². The molecule has 1 heterocycles. The van der Waals surface area contributed by atoms with E-state index in [1.165, 1.54) is 16.9 Å². The highest BCUT2D eigenvalue weighted by molar-refractivity contribution is 7.14. The molecule has 0 bridgehead atoms. The molecule has 0 saturated heterocycles. The summed E-state index contributed by atoms with van der Waals surface area (Å²) in [6.45, 7) is 8.42. The Hall–Kier alpha value is -1.94. The molecule has 0 radical (unpaired) electrons. The highest BCUT2D eigenvalue weighted by Crippen LogP contribution is 2.23. The van der Waals surface area contributed by atoms with Gasteiger partial charge in [0, 0.05) is 23.4 Å². The largest absolute Gasteiger partial charge is 0.326 e. The fourth-order valence-electron chi connectivity index (χ4n) is 2.21. The fraction of sp³-hybridized carbons (Fsp3) is 0.368. The van der Waals surface area contributed by atoms with E-state index in [2.05, 4.69) is 26.1 Å². The number of carbonyl (C=O) groups excluding carboxylic acids is 2. The monoisotopic (exact) mass is 329 g/mol. The maximum Gasteiger partial charge on any atom is 0.224 e. The summed E-state index contributed by atoms with van der Waals surface area (Å²) in [5.41, 5.74) is 2.08. The average Bonchev–Trinajstić information content (AvgIpc) is 2.91. The molecule has 2 aromatic rings. The summed E-state index contributed by atoms with van der Waals surface area (Å²) in [6, 6.07) is 11.6. The second-order valence-corrected chi connectivity index (χ2v) is 8.00. The molecule has 2 rings (SSSR count). The maximum atomic E-state index is 12.0. The second kappa shape index (κ2) is 7.09. The minimum Gasteiger partial charge on any atom is -0.326 e. The van der Waals surface area contributed by atoms with Crippen molar-refractivity contribution >= 4 is 28.7 Å². The Morgan fingerprint density at radius 1 is 1.00 bits per heavy atom. The molecule has 3 nitrogen and oxygen atoms in total. The van der Waals surface area contributed by atoms with Gasteiger partial charge in [0.25, 0.3) is 0 Å². The molecule has 0 fully saturated rings. The zero-order valence-corrected chi connectivity index (χ0v) is 14.9. The Kier molecular flexibility index (Phi) is 5.37. The molecule has 1 aromatic carbocycles. The zero-order valence-electron chi connectivity index (χ0n) is 14.1. The first kappa shape index (κ1) is 17.4. The number of thiophene rings is 1. The number of nitrogens with one attached hydrogen (secondary N) is 1. The van der Waals surface area contributed by atoms with E-state index < -0.39 is 0 Å². The predicted octanol–water partition coefficient (Wildman–Crippen LogP) is 4.96. The summed E-state index contributed by atoms with van der Waals surface area (Å²) in [6.07, 6.45) is 0.447. The van der Waals surface area contributed by atoms with Crippen molar-refractivity contribution in [3.63, 3.8) is 0 Å². The molecule has 0 aliphatic carbocycles. The van der Waals surface area contributed by atoms with Gasteiger partial charge in [0.1, 0.15) is 0 Å². The molecule has 1 N–H and O–H groups in total. The molecule has 0 atom stereocenters. The van der Waals surface area contributed by atoms with Crippen LogP contribution in [-0.2, 0) is 10.2 Å². The number of hydrogen-bond donors (Lipinski definition) is 1. The lowest BCUT2D eigenvalue weighted by molar-refractivity contribution is -0.116. The van der Waals surface area contributed by atoms with Crippen LogP contribution in [0.3, 0.4) is 0 Å². The third-order valence-corrected chi connectivity index (χ3v) is 4.67. The highest BCUT2D eigenvalue weighted by atomic mass is 32.1. The van der Waals surface area contributed by atoms with Gasteiger partial charge in [-0.25, -0.2) is 0 Å². The van der Waals surface area contributed by atoms with Crippen LogP contribution < -0.4 is 5.32 Å². The fourth-order valence-corrected chi connectivity index (χ4v) is 3.05. The van der Waals surface area contributed by atoms with Crippen molar-refractivity contribution < 1.29 is 9.59 Å². The molecule has 0 aliphatic heterocycles. The number of amides is 1. The molecule has 0 aliphatic rings. The molecule has 1 aromatic heterocycles.